The van der Waals surface area contributed by atoms with Gasteiger partial charge in [-0.3, -0.25) is 29.4 Å². The van der Waals surface area contributed by atoms with Crippen molar-refractivity contribution in [3.05, 3.63) is 71.0 Å². The summed E-state index contributed by atoms with van der Waals surface area (Å²) in [4.78, 5) is 71.7. The van der Waals surface area contributed by atoms with Crippen LogP contribution in [0.5, 0.6) is 0 Å². The van der Waals surface area contributed by atoms with Crippen molar-refractivity contribution >= 4 is 57.8 Å². The first-order chi connectivity index (χ1) is 26.8. The van der Waals surface area contributed by atoms with Gasteiger partial charge in [0.05, 0.1) is 28.0 Å². The number of likely N-dealkylation sites (tertiary alicyclic amines) is 2. The maximum absolute atomic E-state index is 13.3. The number of nitrogens with zero attached hydrogens (tertiary/aromatic N) is 6. The first-order valence-electron chi connectivity index (χ1n) is 19.7. The van der Waals surface area contributed by atoms with Crippen LogP contribution < -0.4 is 15.5 Å². The Morgan fingerprint density at radius 2 is 1.53 bits per heavy atom. The molecule has 286 valence electrons. The van der Waals surface area contributed by atoms with Gasteiger partial charge < -0.3 is 25.0 Å². The topological polar surface area (TPSA) is 147 Å². The average Bonchev–Trinajstić information content (AvgIpc) is 3.89. The minimum atomic E-state index is -0.951. The van der Waals surface area contributed by atoms with E-state index in [0.29, 0.717) is 40.0 Å². The molecule has 0 bridgehead atoms. The summed E-state index contributed by atoms with van der Waals surface area (Å²) in [5.41, 5.74) is 4.36. The fourth-order valence-electron chi connectivity index (χ4n) is 9.30. The lowest BCUT2D eigenvalue weighted by molar-refractivity contribution is -0.136. The number of anilines is 2. The minimum absolute atomic E-state index is 0.108. The van der Waals surface area contributed by atoms with Crippen LogP contribution in [0.2, 0.25) is 5.02 Å². The van der Waals surface area contributed by atoms with Crippen LogP contribution in [-0.4, -0.2) is 118 Å². The highest BCUT2D eigenvalue weighted by atomic mass is 35.5. The second-order valence-electron chi connectivity index (χ2n) is 15.9. The molecular formula is C41H46ClN9O4. The molecule has 0 spiro atoms. The van der Waals surface area contributed by atoms with E-state index in [-0.39, 0.29) is 18.7 Å². The van der Waals surface area contributed by atoms with E-state index in [1.807, 2.05) is 30.5 Å². The number of fused-ring (bicyclic) bond motifs is 2. The number of halogens is 1. The van der Waals surface area contributed by atoms with Gasteiger partial charge in [0.15, 0.2) is 0 Å². The van der Waals surface area contributed by atoms with E-state index < -0.39 is 23.8 Å². The highest BCUT2D eigenvalue weighted by Gasteiger charge is 2.45. The monoisotopic (exact) mass is 763 g/mol. The standard InChI is InChI=1S/C41H46ClN9O4/c42-33-21-44-41(47-37(33)32-20-43-34-4-2-1-3-29(32)34)45-27-13-16-49(24-27)23-25-9-14-48(15-10-25)22-26-11-17-50(18-12-26)28-5-6-30-31(19-28)40(55)51(39(30)54)35-7-8-36(52)46-38(35)53/h1-6,19-21,25-27,35,43H,7-18,22-24H2,(H,44,45,47)(H,46,52,53)/t27-,35?/m1/s1. The van der Waals surface area contributed by atoms with Crippen molar-refractivity contribution in [1.82, 2.24) is 35.0 Å². The van der Waals surface area contributed by atoms with Gasteiger partial charge in [-0.25, -0.2) is 9.97 Å². The van der Waals surface area contributed by atoms with Crippen LogP contribution in [0.15, 0.2) is 54.9 Å². The first kappa shape index (κ1) is 35.8. The average molecular weight is 764 g/mol. The normalized spacial score (nSPS) is 23.2. The molecule has 9 rings (SSSR count). The maximum Gasteiger partial charge on any atom is 0.262 e. The summed E-state index contributed by atoms with van der Waals surface area (Å²) in [5, 5.41) is 7.47. The van der Waals surface area contributed by atoms with Gasteiger partial charge in [0.1, 0.15) is 6.04 Å². The second-order valence-corrected chi connectivity index (χ2v) is 16.3. The third-order valence-electron chi connectivity index (χ3n) is 12.3. The molecule has 5 aliphatic rings. The molecule has 2 aromatic carbocycles. The molecule has 55 heavy (non-hydrogen) atoms. The molecule has 5 aliphatic heterocycles. The number of carbonyl (C=O) groups excluding carboxylic acids is 4. The molecule has 4 aromatic rings. The number of piperidine rings is 3. The van der Waals surface area contributed by atoms with Crippen LogP contribution in [0, 0.1) is 11.8 Å². The van der Waals surface area contributed by atoms with E-state index in [9.17, 15) is 19.2 Å². The summed E-state index contributed by atoms with van der Waals surface area (Å²) in [6.07, 6.45) is 9.58. The molecule has 0 radical (unpaired) electrons. The summed E-state index contributed by atoms with van der Waals surface area (Å²) in [6.45, 7) is 8.39. The van der Waals surface area contributed by atoms with Crippen molar-refractivity contribution in [2.75, 3.05) is 62.6 Å². The molecule has 13 nitrogen and oxygen atoms in total. The number of amides is 4. The summed E-state index contributed by atoms with van der Waals surface area (Å²) in [7, 11) is 0. The molecule has 0 saturated carbocycles. The first-order valence-corrected chi connectivity index (χ1v) is 20.1. The Balaban J connectivity index is 0.716. The Hall–Kier alpha value is -4.85. The van der Waals surface area contributed by atoms with Gasteiger partial charge in [-0.1, -0.05) is 29.8 Å². The zero-order valence-electron chi connectivity index (χ0n) is 30.8. The minimum Gasteiger partial charge on any atom is -0.371 e. The lowest BCUT2D eigenvalue weighted by atomic mass is 9.92. The SMILES string of the molecule is O=C1CCC(N2C(=O)c3ccc(N4CCC(CN5CCC(CN6CC[C@@H](Nc7ncc(Cl)c(-c8c[nH]c9ccccc89)n7)C6)CC5)CC4)cc3C2=O)C(=O)N1. The van der Waals surface area contributed by atoms with Crippen molar-refractivity contribution in [2.24, 2.45) is 11.8 Å². The number of aromatic amines is 1. The zero-order valence-corrected chi connectivity index (χ0v) is 31.6. The number of benzene rings is 2. The van der Waals surface area contributed by atoms with Gasteiger partial charge >= 0.3 is 0 Å². The Morgan fingerprint density at radius 1 is 0.800 bits per heavy atom. The van der Waals surface area contributed by atoms with E-state index in [2.05, 4.69) is 41.4 Å². The van der Waals surface area contributed by atoms with Crippen LogP contribution in [-0.2, 0) is 9.59 Å². The van der Waals surface area contributed by atoms with Crippen molar-refractivity contribution in [3.63, 3.8) is 0 Å². The number of imide groups is 2. The quantitative estimate of drug-likeness (QED) is 0.204. The lowest BCUT2D eigenvalue weighted by Crippen LogP contribution is -2.54. The van der Waals surface area contributed by atoms with Gasteiger partial charge in [-0.15, -0.1) is 0 Å². The Morgan fingerprint density at radius 3 is 2.33 bits per heavy atom. The van der Waals surface area contributed by atoms with E-state index in [1.54, 1.807) is 18.3 Å². The third-order valence-corrected chi connectivity index (χ3v) is 12.6. The summed E-state index contributed by atoms with van der Waals surface area (Å²) >= 11 is 6.57. The van der Waals surface area contributed by atoms with Crippen molar-refractivity contribution < 1.29 is 19.2 Å². The van der Waals surface area contributed by atoms with Crippen LogP contribution >= 0.6 is 11.6 Å². The van der Waals surface area contributed by atoms with E-state index >= 15 is 0 Å². The number of rotatable bonds is 9. The Kier molecular flexibility index (Phi) is 9.77. The molecule has 0 aliphatic carbocycles. The fourth-order valence-corrected chi connectivity index (χ4v) is 9.50. The molecule has 1 unspecified atom stereocenters. The fraction of sp³-hybridized carbons (Fsp3) is 0.463. The maximum atomic E-state index is 13.3. The molecule has 14 heteroatoms. The molecule has 7 heterocycles. The Bertz CT molecular complexity index is 2140. The van der Waals surface area contributed by atoms with E-state index in [0.717, 1.165) is 104 Å². The second kappa shape index (κ2) is 15.0. The predicted octanol–water partition coefficient (Wildman–Crippen LogP) is 4.79. The van der Waals surface area contributed by atoms with Crippen LogP contribution in [0.25, 0.3) is 22.2 Å². The number of carbonyl (C=O) groups is 4. The van der Waals surface area contributed by atoms with Gasteiger partial charge in [-0.2, -0.15) is 0 Å². The summed E-state index contributed by atoms with van der Waals surface area (Å²) < 4.78 is 0. The van der Waals surface area contributed by atoms with Gasteiger partial charge in [0, 0.05) is 80.1 Å². The van der Waals surface area contributed by atoms with E-state index in [4.69, 9.17) is 16.6 Å². The number of H-pyrrole nitrogens is 1. The lowest BCUT2D eigenvalue weighted by Gasteiger charge is -2.39. The van der Waals surface area contributed by atoms with Crippen molar-refractivity contribution in [3.8, 4) is 11.3 Å². The third kappa shape index (κ3) is 7.20. The van der Waals surface area contributed by atoms with E-state index in [1.165, 1.54) is 12.8 Å². The molecule has 2 aromatic heterocycles. The Labute approximate surface area is 324 Å². The molecule has 4 fully saturated rings. The summed E-state index contributed by atoms with van der Waals surface area (Å²) in [6, 6.07) is 12.9. The number of nitrogens with one attached hydrogen (secondary N) is 3. The number of hydrogen-bond acceptors (Lipinski definition) is 10. The van der Waals surface area contributed by atoms with Crippen LogP contribution in [0.4, 0.5) is 11.6 Å². The number of para-hydroxylation sites is 1. The number of aromatic nitrogens is 3. The molecule has 4 saturated heterocycles. The predicted molar refractivity (Wildman–Crippen MR) is 210 cm³/mol. The van der Waals surface area contributed by atoms with Gasteiger partial charge in [-0.05, 0) is 87.7 Å². The largest absolute Gasteiger partial charge is 0.371 e. The van der Waals surface area contributed by atoms with Crippen molar-refractivity contribution in [2.45, 2.75) is 57.0 Å². The van der Waals surface area contributed by atoms with Crippen molar-refractivity contribution in [1.29, 1.82) is 0 Å². The highest BCUT2D eigenvalue weighted by molar-refractivity contribution is 6.33. The molecule has 4 amide bonds. The molecular weight excluding hydrogens is 718 g/mol. The smallest absolute Gasteiger partial charge is 0.262 e. The van der Waals surface area contributed by atoms with Gasteiger partial charge in [0.2, 0.25) is 17.8 Å². The molecule has 3 N–H and O–H groups in total. The van der Waals surface area contributed by atoms with Crippen LogP contribution in [0.1, 0.15) is 65.7 Å². The van der Waals surface area contributed by atoms with Crippen LogP contribution in [0.3, 0.4) is 0 Å². The molecule has 2 atom stereocenters. The highest BCUT2D eigenvalue weighted by Crippen LogP contribution is 2.34. The zero-order chi connectivity index (χ0) is 37.6. The number of hydrogen-bond donors (Lipinski definition) is 3. The summed E-state index contributed by atoms with van der Waals surface area (Å²) in [5.74, 6) is 0.0626. The van der Waals surface area contributed by atoms with Gasteiger partial charge in [0.25, 0.3) is 11.8 Å².